The van der Waals surface area contributed by atoms with E-state index in [1.165, 1.54) is 48.5 Å². The fraction of sp³-hybridized carbons (Fsp3) is 0.182. The van der Waals surface area contributed by atoms with Crippen LogP contribution in [-0.4, -0.2) is 46.4 Å². The molecular formula is C22H19FN4O5. The Labute approximate surface area is 181 Å². The second-order valence-electron chi connectivity index (χ2n) is 7.38. The van der Waals surface area contributed by atoms with E-state index in [2.05, 4.69) is 5.10 Å². The molecule has 2 amide bonds. The monoisotopic (exact) mass is 438 g/mol. The Balaban J connectivity index is 1.73. The van der Waals surface area contributed by atoms with E-state index in [-0.39, 0.29) is 24.3 Å². The van der Waals surface area contributed by atoms with Crippen LogP contribution in [0.1, 0.15) is 33.1 Å². The Morgan fingerprint density at radius 2 is 2.06 bits per heavy atom. The largest absolute Gasteiger partial charge is 0.490 e. The summed E-state index contributed by atoms with van der Waals surface area (Å²) in [4.78, 5) is 37.7. The molecule has 3 aromatic rings. The lowest BCUT2D eigenvalue weighted by Crippen LogP contribution is -2.33. The summed E-state index contributed by atoms with van der Waals surface area (Å²) in [5.74, 6) is -2.50. The predicted octanol–water partition coefficient (Wildman–Crippen LogP) is 2.38. The Hall–Kier alpha value is -4.21. The van der Waals surface area contributed by atoms with Crippen molar-refractivity contribution < 1.29 is 28.6 Å². The second kappa shape index (κ2) is 8.14. The molecule has 9 nitrogen and oxygen atoms in total. The molecule has 3 N–H and O–H groups in total. The number of hydrogen-bond acceptors (Lipinski definition) is 5. The molecule has 0 fully saturated rings. The number of carbonyl (C=O) groups excluding carboxylic acids is 2. The highest BCUT2D eigenvalue weighted by molar-refractivity contribution is 6.01. The highest BCUT2D eigenvalue weighted by Gasteiger charge is 2.34. The number of carbonyl (C=O) groups is 3. The zero-order valence-electron chi connectivity index (χ0n) is 17.0. The number of nitrogens with zero attached hydrogens (tertiary/aromatic N) is 3. The second-order valence-corrected chi connectivity index (χ2v) is 7.38. The van der Waals surface area contributed by atoms with Crippen LogP contribution in [0.3, 0.4) is 0 Å². The number of primary amides is 1. The van der Waals surface area contributed by atoms with Gasteiger partial charge < -0.3 is 20.5 Å². The highest BCUT2D eigenvalue weighted by atomic mass is 19.1. The number of anilines is 1. The zero-order valence-corrected chi connectivity index (χ0v) is 17.0. The van der Waals surface area contributed by atoms with Crippen molar-refractivity contribution in [2.75, 3.05) is 18.6 Å². The van der Waals surface area contributed by atoms with Gasteiger partial charge in [0.15, 0.2) is 0 Å². The van der Waals surface area contributed by atoms with Gasteiger partial charge in [0.25, 0.3) is 0 Å². The van der Waals surface area contributed by atoms with Gasteiger partial charge in [-0.05, 0) is 41.5 Å². The molecule has 2 heterocycles. The fourth-order valence-corrected chi connectivity index (χ4v) is 3.66. The van der Waals surface area contributed by atoms with E-state index < -0.39 is 29.6 Å². The van der Waals surface area contributed by atoms with Crippen LogP contribution in [0.2, 0.25) is 0 Å². The van der Waals surface area contributed by atoms with Gasteiger partial charge in [-0.25, -0.2) is 14.0 Å². The molecule has 4 rings (SSSR count). The number of carboxylic acid groups (broad SMARTS) is 1. The summed E-state index contributed by atoms with van der Waals surface area (Å²) < 4.78 is 20.4. The van der Waals surface area contributed by atoms with Crippen LogP contribution in [0.25, 0.3) is 0 Å². The molecule has 1 aromatic heterocycles. The average Bonchev–Trinajstić information content (AvgIpc) is 3.12. The topological polar surface area (TPSA) is 128 Å². The van der Waals surface area contributed by atoms with Crippen molar-refractivity contribution in [3.8, 4) is 5.75 Å². The van der Waals surface area contributed by atoms with Crippen molar-refractivity contribution in [2.24, 2.45) is 5.73 Å². The van der Waals surface area contributed by atoms with Gasteiger partial charge in [0.1, 0.15) is 24.1 Å². The third-order valence-corrected chi connectivity index (χ3v) is 5.26. The molecule has 0 saturated carbocycles. The summed E-state index contributed by atoms with van der Waals surface area (Å²) in [6, 6.07) is 9.35. The van der Waals surface area contributed by atoms with Crippen molar-refractivity contribution in [3.05, 3.63) is 76.9 Å². The number of ether oxygens (including phenoxy) is 1. The molecule has 0 unspecified atom stereocenters. The van der Waals surface area contributed by atoms with Crippen LogP contribution in [0, 0.1) is 5.82 Å². The third-order valence-electron chi connectivity index (χ3n) is 5.26. The van der Waals surface area contributed by atoms with Crippen molar-refractivity contribution >= 4 is 23.6 Å². The number of hydrogen-bond donors (Lipinski definition) is 2. The molecule has 164 valence electrons. The summed E-state index contributed by atoms with van der Waals surface area (Å²) in [6.45, 7) is -0.0888. The maximum absolute atomic E-state index is 13.6. The minimum absolute atomic E-state index is 0.00949. The van der Waals surface area contributed by atoms with E-state index in [1.807, 2.05) is 0 Å². The van der Waals surface area contributed by atoms with Crippen molar-refractivity contribution in [3.63, 3.8) is 0 Å². The number of amides is 2. The molecule has 0 aliphatic carbocycles. The van der Waals surface area contributed by atoms with Gasteiger partial charge in [0.05, 0.1) is 16.9 Å². The predicted molar refractivity (Wildman–Crippen MR) is 111 cm³/mol. The number of nitrogens with two attached hydrogens (primary N) is 1. The lowest BCUT2D eigenvalue weighted by Gasteiger charge is -2.19. The summed E-state index contributed by atoms with van der Waals surface area (Å²) in [6.07, 6.45) is 1.63. The molecule has 1 aliphatic heterocycles. The van der Waals surface area contributed by atoms with Gasteiger partial charge in [-0.15, -0.1) is 0 Å². The van der Waals surface area contributed by atoms with E-state index in [4.69, 9.17) is 10.5 Å². The number of benzene rings is 2. The molecule has 0 radical (unpaired) electrons. The Morgan fingerprint density at radius 3 is 2.75 bits per heavy atom. The van der Waals surface area contributed by atoms with E-state index in [0.717, 1.165) is 4.68 Å². The van der Waals surface area contributed by atoms with Gasteiger partial charge >= 0.3 is 12.0 Å². The number of rotatable bonds is 4. The first-order chi connectivity index (χ1) is 15.2. The number of likely N-dealkylation sites (N-methyl/N-ethyl adjacent to an activating group) is 1. The molecule has 0 saturated heterocycles. The summed E-state index contributed by atoms with van der Waals surface area (Å²) in [5, 5.41) is 13.5. The lowest BCUT2D eigenvalue weighted by atomic mass is 9.97. The van der Waals surface area contributed by atoms with Gasteiger partial charge in [-0.3, -0.25) is 4.79 Å². The van der Waals surface area contributed by atoms with Crippen molar-refractivity contribution in [1.29, 1.82) is 0 Å². The van der Waals surface area contributed by atoms with Gasteiger partial charge in [-0.1, -0.05) is 12.1 Å². The fourth-order valence-electron chi connectivity index (χ4n) is 3.66. The quantitative estimate of drug-likeness (QED) is 0.644. The molecular weight excluding hydrogens is 419 g/mol. The third kappa shape index (κ3) is 3.89. The first kappa shape index (κ1) is 21.0. The van der Waals surface area contributed by atoms with Gasteiger partial charge in [0.2, 0.25) is 5.91 Å². The highest BCUT2D eigenvalue weighted by Crippen LogP contribution is 2.36. The van der Waals surface area contributed by atoms with Crippen LogP contribution in [-0.2, 0) is 11.2 Å². The van der Waals surface area contributed by atoms with Gasteiger partial charge in [-0.2, -0.15) is 9.78 Å². The van der Waals surface area contributed by atoms with Crippen LogP contribution < -0.4 is 15.4 Å². The standard InChI is InChI=1S/C22H19FN4O5/c1-26-17-9-13(21(29)30)5-6-18(17)32-11-16(20(26)28)19-14(10-27(25-19)22(24)31)7-12-3-2-4-15(23)8-12/h2-6,8-10,16H,7,11H2,1H3,(H2,24,31)(H,29,30)/t16-/m1/s1. The molecule has 0 spiro atoms. The molecule has 2 aromatic carbocycles. The number of fused-ring (bicyclic) bond motifs is 1. The summed E-state index contributed by atoms with van der Waals surface area (Å²) in [5.41, 5.74) is 7.10. The van der Waals surface area contributed by atoms with Crippen LogP contribution in [0.15, 0.2) is 48.7 Å². The molecule has 1 aliphatic rings. The van der Waals surface area contributed by atoms with Crippen LogP contribution >= 0.6 is 0 Å². The molecule has 1 atom stereocenters. The van der Waals surface area contributed by atoms with E-state index in [1.54, 1.807) is 12.1 Å². The van der Waals surface area contributed by atoms with Crippen LogP contribution in [0.4, 0.5) is 14.9 Å². The summed E-state index contributed by atoms with van der Waals surface area (Å²) in [7, 11) is 1.51. The normalized spacial score (nSPS) is 15.6. The molecule has 10 heteroatoms. The zero-order chi connectivity index (χ0) is 23.0. The smallest absolute Gasteiger partial charge is 0.339 e. The maximum atomic E-state index is 13.6. The van der Waals surface area contributed by atoms with Crippen LogP contribution in [0.5, 0.6) is 5.75 Å². The number of halogens is 1. The van der Waals surface area contributed by atoms with Crippen molar-refractivity contribution in [1.82, 2.24) is 9.78 Å². The first-order valence-electron chi connectivity index (χ1n) is 9.65. The Kier molecular flexibility index (Phi) is 5.35. The minimum Gasteiger partial charge on any atom is -0.490 e. The Bertz CT molecular complexity index is 1240. The lowest BCUT2D eigenvalue weighted by molar-refractivity contribution is -0.120. The molecule has 0 bridgehead atoms. The number of aromatic carboxylic acids is 1. The Morgan fingerprint density at radius 1 is 1.28 bits per heavy atom. The maximum Gasteiger partial charge on any atom is 0.339 e. The van der Waals surface area contributed by atoms with E-state index >= 15 is 0 Å². The van der Waals surface area contributed by atoms with Gasteiger partial charge in [0, 0.05) is 19.7 Å². The SMILES string of the molecule is CN1C(=O)[C@@H](c2nn(C(N)=O)cc2Cc2cccc(F)c2)COc2ccc(C(=O)O)cc21. The summed E-state index contributed by atoms with van der Waals surface area (Å²) >= 11 is 0. The minimum atomic E-state index is -1.13. The first-order valence-corrected chi connectivity index (χ1v) is 9.65. The van der Waals surface area contributed by atoms with E-state index in [9.17, 15) is 23.9 Å². The van der Waals surface area contributed by atoms with E-state index in [0.29, 0.717) is 22.6 Å². The molecule has 32 heavy (non-hydrogen) atoms. The van der Waals surface area contributed by atoms with Crippen molar-refractivity contribution in [2.45, 2.75) is 12.3 Å². The average molecular weight is 438 g/mol. The number of carboxylic acids is 1. The number of aromatic nitrogens is 2.